The molecule has 1 unspecified atom stereocenters. The highest BCUT2D eigenvalue weighted by atomic mass is 16.2. The van der Waals surface area contributed by atoms with Gasteiger partial charge < -0.3 is 10.6 Å². The average molecular weight is 260 g/mol. The van der Waals surface area contributed by atoms with E-state index in [-0.39, 0.29) is 11.3 Å². The first-order chi connectivity index (χ1) is 8.86. The molecule has 0 aliphatic carbocycles. The van der Waals surface area contributed by atoms with Gasteiger partial charge in [-0.05, 0) is 50.3 Å². The number of rotatable bonds is 2. The second-order valence-electron chi connectivity index (χ2n) is 6.27. The molecule has 0 saturated carbocycles. The third kappa shape index (κ3) is 2.66. The normalized spacial score (nSPS) is 22.9. The zero-order valence-corrected chi connectivity index (χ0v) is 12.4. The molecular formula is C16H24N2O. The van der Waals surface area contributed by atoms with Crippen LogP contribution in [0.5, 0.6) is 0 Å². The second kappa shape index (κ2) is 4.97. The quantitative estimate of drug-likeness (QED) is 0.887. The van der Waals surface area contributed by atoms with E-state index >= 15 is 0 Å². The van der Waals surface area contributed by atoms with Gasteiger partial charge in [0.1, 0.15) is 0 Å². The molecule has 1 aliphatic rings. The Morgan fingerprint density at radius 1 is 1.32 bits per heavy atom. The minimum atomic E-state index is 0.0855. The molecular weight excluding hydrogens is 236 g/mol. The number of hydrogen-bond donors (Lipinski definition) is 1. The van der Waals surface area contributed by atoms with E-state index in [1.165, 1.54) is 5.56 Å². The Bertz CT molecular complexity index is 486. The Labute approximate surface area is 115 Å². The van der Waals surface area contributed by atoms with Crippen LogP contribution in [0.25, 0.3) is 0 Å². The van der Waals surface area contributed by atoms with E-state index in [4.69, 9.17) is 5.73 Å². The molecule has 0 aromatic heterocycles. The monoisotopic (exact) mass is 260 g/mol. The summed E-state index contributed by atoms with van der Waals surface area (Å²) in [5.74, 6) is 0.159. The van der Waals surface area contributed by atoms with Gasteiger partial charge in [-0.25, -0.2) is 0 Å². The smallest absolute Gasteiger partial charge is 0.254 e. The Morgan fingerprint density at radius 3 is 2.37 bits per heavy atom. The molecule has 2 N–H and O–H groups in total. The summed E-state index contributed by atoms with van der Waals surface area (Å²) >= 11 is 0. The predicted octanol–water partition coefficient (Wildman–Crippen LogP) is 2.42. The van der Waals surface area contributed by atoms with Gasteiger partial charge in [0.25, 0.3) is 5.91 Å². The molecule has 2 rings (SSSR count). The van der Waals surface area contributed by atoms with Crippen molar-refractivity contribution >= 4 is 5.91 Å². The van der Waals surface area contributed by atoms with Crippen molar-refractivity contribution in [3.05, 3.63) is 34.4 Å². The average Bonchev–Trinajstić information content (AvgIpc) is 2.71. The third-order valence-electron chi connectivity index (χ3n) is 4.23. The maximum absolute atomic E-state index is 12.7. The summed E-state index contributed by atoms with van der Waals surface area (Å²) < 4.78 is 0. The zero-order valence-electron chi connectivity index (χ0n) is 12.4. The van der Waals surface area contributed by atoms with Gasteiger partial charge >= 0.3 is 0 Å². The van der Waals surface area contributed by atoms with E-state index in [2.05, 4.69) is 26.0 Å². The number of aryl methyl sites for hydroxylation is 3. The van der Waals surface area contributed by atoms with Gasteiger partial charge in [0.2, 0.25) is 0 Å². The molecule has 1 atom stereocenters. The van der Waals surface area contributed by atoms with E-state index < -0.39 is 0 Å². The Balaban J connectivity index is 2.27. The largest absolute Gasteiger partial charge is 0.338 e. The number of benzene rings is 1. The molecule has 3 nitrogen and oxygen atoms in total. The Kier molecular flexibility index (Phi) is 3.68. The molecule has 3 heteroatoms. The molecule has 1 aromatic carbocycles. The lowest BCUT2D eigenvalue weighted by Crippen LogP contribution is -2.35. The molecule has 1 fully saturated rings. The van der Waals surface area contributed by atoms with Crippen LogP contribution in [-0.2, 0) is 0 Å². The number of amides is 1. The number of hydrogen-bond acceptors (Lipinski definition) is 2. The van der Waals surface area contributed by atoms with Crippen molar-refractivity contribution in [2.45, 2.75) is 34.1 Å². The van der Waals surface area contributed by atoms with Crippen molar-refractivity contribution in [3.63, 3.8) is 0 Å². The summed E-state index contributed by atoms with van der Waals surface area (Å²) in [7, 11) is 0. The fraction of sp³-hybridized carbons (Fsp3) is 0.562. The lowest BCUT2D eigenvalue weighted by molar-refractivity contribution is 0.0775. The van der Waals surface area contributed by atoms with E-state index in [1.807, 2.05) is 18.7 Å². The maximum Gasteiger partial charge on any atom is 0.254 e. The summed E-state index contributed by atoms with van der Waals surface area (Å²) in [6.45, 7) is 10.5. The number of nitrogens with zero attached hydrogens (tertiary/aromatic N) is 1. The molecule has 1 aliphatic heterocycles. The highest BCUT2D eigenvalue weighted by molar-refractivity contribution is 5.97. The van der Waals surface area contributed by atoms with E-state index in [0.717, 1.165) is 36.2 Å². The molecule has 1 heterocycles. The standard InChI is InChI=1S/C16H24N2O/c1-11-7-12(2)14(13(3)8-11)15(19)18-6-5-16(4,9-17)10-18/h7-8H,5-6,9-10,17H2,1-4H3. The van der Waals surface area contributed by atoms with Crippen LogP contribution in [0.3, 0.4) is 0 Å². The van der Waals surface area contributed by atoms with Gasteiger partial charge in [0.05, 0.1) is 0 Å². The molecule has 104 valence electrons. The molecule has 0 spiro atoms. The maximum atomic E-state index is 12.7. The molecule has 19 heavy (non-hydrogen) atoms. The van der Waals surface area contributed by atoms with Crippen molar-refractivity contribution < 1.29 is 4.79 Å². The van der Waals surface area contributed by atoms with Crippen molar-refractivity contribution in [1.82, 2.24) is 4.90 Å². The van der Waals surface area contributed by atoms with Crippen LogP contribution >= 0.6 is 0 Å². The van der Waals surface area contributed by atoms with Crippen LogP contribution in [0, 0.1) is 26.2 Å². The lowest BCUT2D eigenvalue weighted by Gasteiger charge is -2.23. The highest BCUT2D eigenvalue weighted by Gasteiger charge is 2.35. The van der Waals surface area contributed by atoms with Crippen LogP contribution in [0.15, 0.2) is 12.1 Å². The first-order valence-electron chi connectivity index (χ1n) is 6.93. The summed E-state index contributed by atoms with van der Waals surface area (Å²) in [6, 6.07) is 4.16. The summed E-state index contributed by atoms with van der Waals surface area (Å²) in [4.78, 5) is 14.6. The van der Waals surface area contributed by atoms with Gasteiger partial charge in [-0.1, -0.05) is 24.6 Å². The Hall–Kier alpha value is -1.35. The number of carbonyl (C=O) groups excluding carboxylic acids is 1. The van der Waals surface area contributed by atoms with Gasteiger partial charge in [-0.2, -0.15) is 0 Å². The fourth-order valence-electron chi connectivity index (χ4n) is 3.04. The van der Waals surface area contributed by atoms with Gasteiger partial charge in [0.15, 0.2) is 0 Å². The number of carbonyl (C=O) groups is 1. The van der Waals surface area contributed by atoms with Gasteiger partial charge in [0, 0.05) is 18.7 Å². The van der Waals surface area contributed by atoms with Crippen molar-refractivity contribution in [3.8, 4) is 0 Å². The van der Waals surface area contributed by atoms with Crippen molar-refractivity contribution in [2.75, 3.05) is 19.6 Å². The summed E-state index contributed by atoms with van der Waals surface area (Å²) in [5, 5.41) is 0. The van der Waals surface area contributed by atoms with Gasteiger partial charge in [-0.15, -0.1) is 0 Å². The first kappa shape index (κ1) is 14.1. The van der Waals surface area contributed by atoms with Crippen LogP contribution in [0.4, 0.5) is 0 Å². The van der Waals surface area contributed by atoms with E-state index in [9.17, 15) is 4.79 Å². The number of likely N-dealkylation sites (tertiary alicyclic amines) is 1. The summed E-state index contributed by atoms with van der Waals surface area (Å²) in [6.07, 6.45) is 0.999. The van der Waals surface area contributed by atoms with E-state index in [0.29, 0.717) is 6.54 Å². The predicted molar refractivity (Wildman–Crippen MR) is 78.3 cm³/mol. The molecule has 1 saturated heterocycles. The van der Waals surface area contributed by atoms with E-state index in [1.54, 1.807) is 0 Å². The van der Waals surface area contributed by atoms with Crippen LogP contribution < -0.4 is 5.73 Å². The first-order valence-corrected chi connectivity index (χ1v) is 6.93. The lowest BCUT2D eigenvalue weighted by atomic mass is 9.90. The van der Waals surface area contributed by atoms with Gasteiger partial charge in [-0.3, -0.25) is 4.79 Å². The third-order valence-corrected chi connectivity index (χ3v) is 4.23. The van der Waals surface area contributed by atoms with Crippen molar-refractivity contribution in [1.29, 1.82) is 0 Å². The molecule has 1 aromatic rings. The topological polar surface area (TPSA) is 46.3 Å². The SMILES string of the molecule is Cc1cc(C)c(C(=O)N2CCC(C)(CN)C2)c(C)c1. The second-order valence-corrected chi connectivity index (χ2v) is 6.27. The molecule has 0 bridgehead atoms. The van der Waals surface area contributed by atoms with Crippen LogP contribution in [-0.4, -0.2) is 30.4 Å². The fourth-order valence-corrected chi connectivity index (χ4v) is 3.04. The van der Waals surface area contributed by atoms with Crippen LogP contribution in [0.2, 0.25) is 0 Å². The van der Waals surface area contributed by atoms with Crippen LogP contribution in [0.1, 0.15) is 40.4 Å². The van der Waals surface area contributed by atoms with Crippen molar-refractivity contribution in [2.24, 2.45) is 11.1 Å². The number of nitrogens with two attached hydrogens (primary N) is 1. The Morgan fingerprint density at radius 2 is 1.89 bits per heavy atom. The minimum absolute atomic E-state index is 0.0855. The minimum Gasteiger partial charge on any atom is -0.338 e. The zero-order chi connectivity index (χ0) is 14.2. The summed E-state index contributed by atoms with van der Waals surface area (Å²) in [5.41, 5.74) is 10.1. The molecule has 0 radical (unpaired) electrons. The molecule has 1 amide bonds. The highest BCUT2D eigenvalue weighted by Crippen LogP contribution is 2.30.